The van der Waals surface area contributed by atoms with Crippen molar-refractivity contribution in [2.75, 3.05) is 0 Å². The molecular weight excluding hydrogens is 591 g/mol. The van der Waals surface area contributed by atoms with Crippen LogP contribution in [0.2, 0.25) is 0 Å². The second-order valence-corrected chi connectivity index (χ2v) is 11.2. The molecule has 0 aliphatic carbocycles. The van der Waals surface area contributed by atoms with E-state index in [2.05, 4.69) is 11.7 Å². The number of carbonyl (C=O) groups excluding carboxylic acids is 2. The molecule has 0 heterocycles. The highest BCUT2D eigenvalue weighted by atomic mass is 19.4. The van der Waals surface area contributed by atoms with Crippen LogP contribution in [0.1, 0.15) is 111 Å². The number of ether oxygens (including phenoxy) is 2. The van der Waals surface area contributed by atoms with Gasteiger partial charge in [0.25, 0.3) is 0 Å². The first-order valence-electron chi connectivity index (χ1n) is 15.7. The Kier molecular flexibility index (Phi) is 14.0. The standard InChI is InChI=1S/C36H41F5O4/c1-3-5-7-8-9-10-12-13-25-15-17-26(18-16-25)29-21-19-27(23-31(29)37)34(42)44-28-20-22-30(32(38)24-28)35(43)45-33(36(39,40)41)14-11-6-4-2/h15-24,33H,3-14H2,1-2H3/t33-/m1/s1. The number of hydrogen-bond donors (Lipinski definition) is 0. The highest BCUT2D eigenvalue weighted by molar-refractivity contribution is 5.92. The first kappa shape index (κ1) is 35.7. The van der Waals surface area contributed by atoms with Gasteiger partial charge in [-0.15, -0.1) is 0 Å². The summed E-state index contributed by atoms with van der Waals surface area (Å²) in [4.78, 5) is 24.9. The number of rotatable bonds is 17. The fourth-order valence-corrected chi connectivity index (χ4v) is 4.97. The first-order chi connectivity index (χ1) is 21.5. The zero-order valence-electron chi connectivity index (χ0n) is 25.9. The summed E-state index contributed by atoms with van der Waals surface area (Å²) in [6, 6.07) is 14.1. The molecule has 0 saturated carbocycles. The third-order valence-electron chi connectivity index (χ3n) is 7.59. The third kappa shape index (κ3) is 11.3. The maximum atomic E-state index is 15.0. The van der Waals surface area contributed by atoms with Crippen molar-refractivity contribution in [3.8, 4) is 16.9 Å². The van der Waals surface area contributed by atoms with Crippen molar-refractivity contribution >= 4 is 11.9 Å². The van der Waals surface area contributed by atoms with E-state index in [-0.39, 0.29) is 17.7 Å². The van der Waals surface area contributed by atoms with Crippen molar-refractivity contribution in [3.05, 3.63) is 89.0 Å². The van der Waals surface area contributed by atoms with Crippen molar-refractivity contribution in [2.45, 2.75) is 103 Å². The van der Waals surface area contributed by atoms with Gasteiger partial charge >= 0.3 is 18.1 Å². The molecule has 4 nitrogen and oxygen atoms in total. The van der Waals surface area contributed by atoms with Crippen LogP contribution in [-0.2, 0) is 11.2 Å². The normalized spacial score (nSPS) is 12.2. The lowest BCUT2D eigenvalue weighted by molar-refractivity contribution is -0.206. The molecule has 0 amide bonds. The van der Waals surface area contributed by atoms with Crippen molar-refractivity contribution in [2.24, 2.45) is 0 Å². The van der Waals surface area contributed by atoms with Gasteiger partial charge in [0.05, 0.1) is 11.1 Å². The zero-order chi connectivity index (χ0) is 32.8. The van der Waals surface area contributed by atoms with Gasteiger partial charge in [0, 0.05) is 11.6 Å². The quantitative estimate of drug-likeness (QED) is 0.0643. The van der Waals surface area contributed by atoms with Gasteiger partial charge in [-0.1, -0.05) is 95.5 Å². The highest BCUT2D eigenvalue weighted by Gasteiger charge is 2.42. The van der Waals surface area contributed by atoms with E-state index in [9.17, 15) is 27.2 Å². The number of carbonyl (C=O) groups is 2. The van der Waals surface area contributed by atoms with Gasteiger partial charge in [0.15, 0.2) is 6.10 Å². The molecule has 3 rings (SSSR count). The summed E-state index contributed by atoms with van der Waals surface area (Å²) in [6.45, 7) is 4.02. The molecule has 3 aromatic carbocycles. The van der Waals surface area contributed by atoms with Crippen molar-refractivity contribution in [3.63, 3.8) is 0 Å². The summed E-state index contributed by atoms with van der Waals surface area (Å²) in [5, 5.41) is 0. The van der Waals surface area contributed by atoms with Gasteiger partial charge in [-0.05, 0) is 61.1 Å². The van der Waals surface area contributed by atoms with Gasteiger partial charge < -0.3 is 9.47 Å². The molecule has 0 bridgehead atoms. The zero-order valence-corrected chi connectivity index (χ0v) is 25.9. The van der Waals surface area contributed by atoms with Crippen LogP contribution in [0, 0.1) is 11.6 Å². The lowest BCUT2D eigenvalue weighted by Gasteiger charge is -2.20. The molecule has 0 fully saturated rings. The van der Waals surface area contributed by atoms with E-state index in [1.807, 2.05) is 31.2 Å². The fraction of sp³-hybridized carbons (Fsp3) is 0.444. The van der Waals surface area contributed by atoms with Crippen molar-refractivity contribution < 1.29 is 41.0 Å². The number of halogens is 5. The van der Waals surface area contributed by atoms with E-state index in [1.54, 1.807) is 0 Å². The topological polar surface area (TPSA) is 52.6 Å². The summed E-state index contributed by atoms with van der Waals surface area (Å²) in [7, 11) is 0. The Hall–Kier alpha value is -3.75. The Bertz CT molecular complexity index is 1390. The van der Waals surface area contributed by atoms with E-state index in [0.717, 1.165) is 31.0 Å². The molecule has 0 aromatic heterocycles. The molecule has 0 spiro atoms. The van der Waals surface area contributed by atoms with Gasteiger partial charge in [-0.2, -0.15) is 13.2 Å². The molecular formula is C36H41F5O4. The maximum absolute atomic E-state index is 15.0. The molecule has 9 heteroatoms. The number of unbranched alkanes of at least 4 members (excludes halogenated alkanes) is 8. The predicted molar refractivity (Wildman–Crippen MR) is 164 cm³/mol. The number of benzene rings is 3. The van der Waals surface area contributed by atoms with Crippen LogP contribution in [0.25, 0.3) is 11.1 Å². The molecule has 0 aliphatic rings. The lowest BCUT2D eigenvalue weighted by Crippen LogP contribution is -2.34. The Balaban J connectivity index is 1.58. The van der Waals surface area contributed by atoms with Crippen LogP contribution in [0.5, 0.6) is 5.75 Å². The second kappa shape index (κ2) is 17.7. The monoisotopic (exact) mass is 632 g/mol. The van der Waals surface area contributed by atoms with Crippen LogP contribution in [0.4, 0.5) is 22.0 Å². The van der Waals surface area contributed by atoms with Gasteiger partial charge in [-0.25, -0.2) is 18.4 Å². The van der Waals surface area contributed by atoms with E-state index < -0.39 is 47.8 Å². The number of esters is 2. The molecule has 3 aromatic rings. The highest BCUT2D eigenvalue weighted by Crippen LogP contribution is 2.29. The molecule has 1 atom stereocenters. The molecule has 45 heavy (non-hydrogen) atoms. The van der Waals surface area contributed by atoms with E-state index in [1.165, 1.54) is 56.2 Å². The van der Waals surface area contributed by atoms with Crippen LogP contribution >= 0.6 is 0 Å². The maximum Gasteiger partial charge on any atom is 0.425 e. The molecule has 0 aliphatic heterocycles. The number of aryl methyl sites for hydroxylation is 1. The average Bonchev–Trinajstić information content (AvgIpc) is 3.00. The Morgan fingerprint density at radius 2 is 1.36 bits per heavy atom. The van der Waals surface area contributed by atoms with Gasteiger partial charge in [0.2, 0.25) is 0 Å². The van der Waals surface area contributed by atoms with Gasteiger partial charge in [-0.3, -0.25) is 0 Å². The summed E-state index contributed by atoms with van der Waals surface area (Å²) < 4.78 is 79.2. The minimum Gasteiger partial charge on any atom is -0.449 e. The van der Waals surface area contributed by atoms with Crippen LogP contribution < -0.4 is 4.74 Å². The van der Waals surface area contributed by atoms with E-state index in [4.69, 9.17) is 4.74 Å². The summed E-state index contributed by atoms with van der Waals surface area (Å²) >= 11 is 0. The Morgan fingerprint density at radius 3 is 1.98 bits per heavy atom. The Labute approximate surface area is 261 Å². The minimum atomic E-state index is -4.80. The molecule has 0 unspecified atom stereocenters. The SMILES string of the molecule is CCCCCCCCCc1ccc(-c2ccc(C(=O)Oc3ccc(C(=O)O[C@H](CCCCC)C(F)(F)F)c(F)c3)cc2F)cc1. The second-order valence-electron chi connectivity index (χ2n) is 11.2. The first-order valence-corrected chi connectivity index (χ1v) is 15.7. The van der Waals surface area contributed by atoms with Crippen LogP contribution in [0.15, 0.2) is 60.7 Å². The number of hydrogen-bond acceptors (Lipinski definition) is 4. The molecule has 0 radical (unpaired) electrons. The smallest absolute Gasteiger partial charge is 0.425 e. The predicted octanol–water partition coefficient (Wildman–Crippen LogP) is 10.8. The summed E-state index contributed by atoms with van der Waals surface area (Å²) in [5.41, 5.74) is 1.26. The van der Waals surface area contributed by atoms with Crippen LogP contribution in [-0.4, -0.2) is 24.2 Å². The number of alkyl halides is 3. The Morgan fingerprint density at radius 1 is 0.711 bits per heavy atom. The largest absolute Gasteiger partial charge is 0.449 e. The molecule has 244 valence electrons. The van der Waals surface area contributed by atoms with Crippen LogP contribution in [0.3, 0.4) is 0 Å². The average molecular weight is 633 g/mol. The van der Waals surface area contributed by atoms with Gasteiger partial charge in [0.1, 0.15) is 17.4 Å². The third-order valence-corrected chi connectivity index (χ3v) is 7.59. The van der Waals surface area contributed by atoms with Crippen molar-refractivity contribution in [1.29, 1.82) is 0 Å². The molecule has 0 N–H and O–H groups in total. The van der Waals surface area contributed by atoms with E-state index >= 15 is 4.39 Å². The molecule has 0 saturated heterocycles. The summed E-state index contributed by atoms with van der Waals surface area (Å²) in [5.74, 6) is -4.64. The summed E-state index contributed by atoms with van der Waals surface area (Å²) in [6.07, 6.45) is 3.35. The fourth-order valence-electron chi connectivity index (χ4n) is 4.97. The van der Waals surface area contributed by atoms with E-state index in [0.29, 0.717) is 30.0 Å². The minimum absolute atomic E-state index is 0.129. The van der Waals surface area contributed by atoms with Crippen molar-refractivity contribution in [1.82, 2.24) is 0 Å². The lowest BCUT2D eigenvalue weighted by atomic mass is 9.99.